The minimum atomic E-state index is -0.0569. The van der Waals surface area contributed by atoms with Crippen LogP contribution in [-0.4, -0.2) is 72.3 Å². The normalized spacial score (nSPS) is 14.9. The Morgan fingerprint density at radius 1 is 0.968 bits per heavy atom. The molecule has 6 nitrogen and oxygen atoms in total. The van der Waals surface area contributed by atoms with Gasteiger partial charge in [0.05, 0.1) is 6.54 Å². The lowest BCUT2D eigenvalue weighted by atomic mass is 10.1. The van der Waals surface area contributed by atoms with Crippen molar-refractivity contribution in [3.63, 3.8) is 0 Å². The number of amides is 2. The zero-order valence-electron chi connectivity index (χ0n) is 18.3. The van der Waals surface area contributed by atoms with Crippen LogP contribution in [0.15, 0.2) is 48.5 Å². The summed E-state index contributed by atoms with van der Waals surface area (Å²) in [6, 6.07) is 15.1. The highest BCUT2D eigenvalue weighted by atomic mass is 35.5. The van der Waals surface area contributed by atoms with Crippen molar-refractivity contribution < 1.29 is 9.59 Å². The Morgan fingerprint density at radius 2 is 1.61 bits per heavy atom. The standard InChI is InChI=1S/C24H31ClN4O2/c1-3-29(4-2)24(31)20-6-5-7-22(16-20)26-23(30)18-28-14-12-27(13-15-28)17-19-8-10-21(25)11-9-19/h5-11,16H,3-4,12-15,17-18H2,1-2H3,(H,26,30). The number of hydrogen-bond donors (Lipinski definition) is 1. The van der Waals surface area contributed by atoms with Crippen molar-refractivity contribution in [1.29, 1.82) is 0 Å². The van der Waals surface area contributed by atoms with Gasteiger partial charge < -0.3 is 10.2 Å². The van der Waals surface area contributed by atoms with Crippen molar-refractivity contribution in [3.05, 3.63) is 64.7 Å². The van der Waals surface area contributed by atoms with Crippen molar-refractivity contribution >= 4 is 29.1 Å². The fourth-order valence-corrected chi connectivity index (χ4v) is 3.91. The monoisotopic (exact) mass is 442 g/mol. The second kappa shape index (κ2) is 11.3. The quantitative estimate of drug-likeness (QED) is 0.679. The zero-order valence-corrected chi connectivity index (χ0v) is 19.1. The van der Waals surface area contributed by atoms with Gasteiger partial charge in [0.25, 0.3) is 5.91 Å². The summed E-state index contributed by atoms with van der Waals surface area (Å²) in [4.78, 5) is 31.4. The number of rotatable bonds is 8. The van der Waals surface area contributed by atoms with E-state index in [1.165, 1.54) is 5.56 Å². The number of nitrogens with zero attached hydrogens (tertiary/aromatic N) is 3. The van der Waals surface area contributed by atoms with Gasteiger partial charge in [-0.05, 0) is 49.7 Å². The minimum absolute atomic E-state index is 0.0158. The van der Waals surface area contributed by atoms with Crippen LogP contribution in [0, 0.1) is 0 Å². The van der Waals surface area contributed by atoms with E-state index >= 15 is 0 Å². The highest BCUT2D eigenvalue weighted by Gasteiger charge is 2.19. The molecule has 166 valence electrons. The highest BCUT2D eigenvalue weighted by Crippen LogP contribution is 2.15. The van der Waals surface area contributed by atoms with Crippen molar-refractivity contribution in [2.45, 2.75) is 20.4 Å². The molecule has 31 heavy (non-hydrogen) atoms. The lowest BCUT2D eigenvalue weighted by Gasteiger charge is -2.34. The van der Waals surface area contributed by atoms with E-state index < -0.39 is 0 Å². The van der Waals surface area contributed by atoms with Crippen LogP contribution < -0.4 is 5.32 Å². The van der Waals surface area contributed by atoms with Gasteiger partial charge in [-0.3, -0.25) is 19.4 Å². The van der Waals surface area contributed by atoms with E-state index in [2.05, 4.69) is 27.2 Å². The van der Waals surface area contributed by atoms with E-state index in [0.717, 1.165) is 37.7 Å². The Kier molecular flexibility index (Phi) is 8.46. The first-order valence-corrected chi connectivity index (χ1v) is 11.2. The van der Waals surface area contributed by atoms with E-state index in [9.17, 15) is 9.59 Å². The summed E-state index contributed by atoms with van der Waals surface area (Å²) >= 11 is 5.95. The summed E-state index contributed by atoms with van der Waals surface area (Å²) in [7, 11) is 0. The van der Waals surface area contributed by atoms with Crippen LogP contribution in [0.2, 0.25) is 5.02 Å². The third-order valence-electron chi connectivity index (χ3n) is 5.60. The second-order valence-corrected chi connectivity index (χ2v) is 8.22. The fourth-order valence-electron chi connectivity index (χ4n) is 3.78. The van der Waals surface area contributed by atoms with Crippen molar-refractivity contribution in [3.8, 4) is 0 Å². The topological polar surface area (TPSA) is 55.9 Å². The molecule has 7 heteroatoms. The molecule has 1 aliphatic heterocycles. The van der Waals surface area contributed by atoms with Gasteiger partial charge in [0.15, 0.2) is 0 Å². The minimum Gasteiger partial charge on any atom is -0.339 e. The molecule has 2 aromatic carbocycles. The molecule has 1 aliphatic rings. The maximum Gasteiger partial charge on any atom is 0.253 e. The van der Waals surface area contributed by atoms with E-state index in [1.807, 2.05) is 38.1 Å². The summed E-state index contributed by atoms with van der Waals surface area (Å²) in [6.45, 7) is 10.0. The van der Waals surface area contributed by atoms with Gasteiger partial charge in [0.1, 0.15) is 0 Å². The summed E-state index contributed by atoms with van der Waals surface area (Å²) in [5, 5.41) is 3.69. The molecular formula is C24H31ClN4O2. The molecule has 1 saturated heterocycles. The van der Waals surface area contributed by atoms with Crippen molar-refractivity contribution in [1.82, 2.24) is 14.7 Å². The molecule has 0 unspecified atom stereocenters. The van der Waals surface area contributed by atoms with Gasteiger partial charge in [-0.1, -0.05) is 29.8 Å². The molecule has 3 rings (SSSR count). The van der Waals surface area contributed by atoms with Gasteiger partial charge in [0, 0.05) is 62.1 Å². The van der Waals surface area contributed by atoms with Crippen LogP contribution in [-0.2, 0) is 11.3 Å². The van der Waals surface area contributed by atoms with Crippen LogP contribution in [0.25, 0.3) is 0 Å². The van der Waals surface area contributed by atoms with Crippen LogP contribution in [0.1, 0.15) is 29.8 Å². The van der Waals surface area contributed by atoms with Crippen LogP contribution in [0.4, 0.5) is 5.69 Å². The number of nitrogens with one attached hydrogen (secondary N) is 1. The molecule has 0 aliphatic carbocycles. The number of carbonyl (C=O) groups is 2. The molecule has 2 amide bonds. The molecule has 1 fully saturated rings. The number of carbonyl (C=O) groups excluding carboxylic acids is 2. The van der Waals surface area contributed by atoms with E-state index in [4.69, 9.17) is 11.6 Å². The average molecular weight is 443 g/mol. The number of hydrogen-bond acceptors (Lipinski definition) is 4. The van der Waals surface area contributed by atoms with E-state index in [-0.39, 0.29) is 11.8 Å². The Labute approximate surface area is 189 Å². The molecule has 1 heterocycles. The second-order valence-electron chi connectivity index (χ2n) is 7.79. The van der Waals surface area contributed by atoms with Crippen LogP contribution >= 0.6 is 11.6 Å². The van der Waals surface area contributed by atoms with Gasteiger partial charge in [-0.15, -0.1) is 0 Å². The fraction of sp³-hybridized carbons (Fsp3) is 0.417. The third kappa shape index (κ3) is 6.79. The number of benzene rings is 2. The van der Waals surface area contributed by atoms with Crippen molar-refractivity contribution in [2.75, 3.05) is 51.1 Å². The van der Waals surface area contributed by atoms with Gasteiger partial charge in [-0.2, -0.15) is 0 Å². The number of anilines is 1. The maximum absolute atomic E-state index is 12.5. The first-order chi connectivity index (χ1) is 15.0. The van der Waals surface area contributed by atoms with Gasteiger partial charge in [-0.25, -0.2) is 0 Å². The molecular weight excluding hydrogens is 412 g/mol. The van der Waals surface area contributed by atoms with Gasteiger partial charge in [0.2, 0.25) is 5.91 Å². The van der Waals surface area contributed by atoms with Gasteiger partial charge >= 0.3 is 0 Å². The predicted molar refractivity (Wildman–Crippen MR) is 125 cm³/mol. The molecule has 2 aromatic rings. The Hall–Kier alpha value is -2.41. The zero-order chi connectivity index (χ0) is 22.2. The number of piperazine rings is 1. The Morgan fingerprint density at radius 3 is 2.26 bits per heavy atom. The summed E-state index contributed by atoms with van der Waals surface area (Å²) in [5.74, 6) is -0.0727. The smallest absolute Gasteiger partial charge is 0.253 e. The summed E-state index contributed by atoms with van der Waals surface area (Å²) in [5.41, 5.74) is 2.50. The lowest BCUT2D eigenvalue weighted by molar-refractivity contribution is -0.117. The maximum atomic E-state index is 12.5. The molecule has 0 saturated carbocycles. The highest BCUT2D eigenvalue weighted by molar-refractivity contribution is 6.30. The van der Waals surface area contributed by atoms with Crippen LogP contribution in [0.3, 0.4) is 0 Å². The van der Waals surface area contributed by atoms with E-state index in [0.29, 0.717) is 30.9 Å². The molecule has 1 N–H and O–H groups in total. The lowest BCUT2D eigenvalue weighted by Crippen LogP contribution is -2.48. The first-order valence-electron chi connectivity index (χ1n) is 10.9. The van der Waals surface area contributed by atoms with Crippen LogP contribution in [0.5, 0.6) is 0 Å². The first kappa shape index (κ1) is 23.3. The SMILES string of the molecule is CCN(CC)C(=O)c1cccc(NC(=O)CN2CCN(Cc3ccc(Cl)cc3)CC2)c1. The van der Waals surface area contributed by atoms with Crippen molar-refractivity contribution in [2.24, 2.45) is 0 Å². The number of halogens is 1. The molecule has 0 radical (unpaired) electrons. The molecule has 0 atom stereocenters. The molecule has 0 aromatic heterocycles. The Bertz CT molecular complexity index is 875. The summed E-state index contributed by atoms with van der Waals surface area (Å²) < 4.78 is 0. The molecule has 0 spiro atoms. The Balaban J connectivity index is 1.47. The van der Waals surface area contributed by atoms with E-state index in [1.54, 1.807) is 17.0 Å². The largest absolute Gasteiger partial charge is 0.339 e. The summed E-state index contributed by atoms with van der Waals surface area (Å²) in [6.07, 6.45) is 0. The predicted octanol–water partition coefficient (Wildman–Crippen LogP) is 3.58. The third-order valence-corrected chi connectivity index (χ3v) is 5.85. The molecule has 0 bridgehead atoms. The average Bonchev–Trinajstić information content (AvgIpc) is 2.77.